The van der Waals surface area contributed by atoms with Crippen LogP contribution in [0.5, 0.6) is 11.5 Å². The van der Waals surface area contributed by atoms with Crippen molar-refractivity contribution in [3.8, 4) is 11.5 Å². The number of fused-ring (bicyclic) bond motifs is 1. The number of benzene rings is 2. The summed E-state index contributed by atoms with van der Waals surface area (Å²) in [5, 5.41) is 0. The van der Waals surface area contributed by atoms with E-state index in [1.54, 1.807) is 7.11 Å². The van der Waals surface area contributed by atoms with Gasteiger partial charge in [-0.15, -0.1) is 6.58 Å². The third-order valence-electron chi connectivity index (χ3n) is 3.74. The van der Waals surface area contributed by atoms with Gasteiger partial charge in [-0.25, -0.2) is 4.98 Å². The number of hydrogen-bond donors (Lipinski definition) is 1. The van der Waals surface area contributed by atoms with Gasteiger partial charge in [-0.3, -0.25) is 0 Å². The second-order valence-electron chi connectivity index (χ2n) is 5.42. The molecule has 1 heterocycles. The molecule has 4 nitrogen and oxygen atoms in total. The zero-order valence-electron chi connectivity index (χ0n) is 13.4. The van der Waals surface area contributed by atoms with Crippen LogP contribution in [-0.4, -0.2) is 17.1 Å². The molecule has 4 heteroatoms. The summed E-state index contributed by atoms with van der Waals surface area (Å²) in [6.07, 6.45) is 2.67. The number of aryl methyl sites for hydroxylation is 1. The van der Waals surface area contributed by atoms with Gasteiger partial charge in [0, 0.05) is 0 Å². The lowest BCUT2D eigenvalue weighted by Gasteiger charge is -2.11. The number of hydrogen-bond acceptors (Lipinski definition) is 3. The SMILES string of the molecule is C=CCc1ccc(OCc2nc3c(C)cccc3[nH]2)c(OC)c1. The summed E-state index contributed by atoms with van der Waals surface area (Å²) >= 11 is 0. The summed E-state index contributed by atoms with van der Waals surface area (Å²) in [5.41, 5.74) is 4.30. The van der Waals surface area contributed by atoms with Gasteiger partial charge in [-0.05, 0) is 42.7 Å². The number of imidazole rings is 1. The number of para-hydroxylation sites is 1. The number of methoxy groups -OCH3 is 1. The first-order valence-electron chi connectivity index (χ1n) is 7.56. The van der Waals surface area contributed by atoms with Crippen LogP contribution in [0.3, 0.4) is 0 Å². The molecular formula is C19H20N2O2. The number of aromatic nitrogens is 2. The lowest BCUT2D eigenvalue weighted by Crippen LogP contribution is -2.00. The second kappa shape index (κ2) is 6.57. The molecule has 0 aliphatic carbocycles. The van der Waals surface area contributed by atoms with E-state index in [9.17, 15) is 0 Å². The first-order valence-corrected chi connectivity index (χ1v) is 7.56. The highest BCUT2D eigenvalue weighted by Crippen LogP contribution is 2.29. The van der Waals surface area contributed by atoms with Crippen molar-refractivity contribution in [1.29, 1.82) is 0 Å². The molecule has 0 saturated carbocycles. The van der Waals surface area contributed by atoms with E-state index in [-0.39, 0.29) is 0 Å². The molecule has 3 rings (SSSR count). The van der Waals surface area contributed by atoms with Crippen LogP contribution in [-0.2, 0) is 13.0 Å². The van der Waals surface area contributed by atoms with E-state index in [0.717, 1.165) is 40.2 Å². The van der Waals surface area contributed by atoms with Crippen molar-refractivity contribution in [2.45, 2.75) is 20.0 Å². The molecule has 0 aliphatic rings. The van der Waals surface area contributed by atoms with E-state index in [0.29, 0.717) is 12.4 Å². The Morgan fingerprint density at radius 3 is 2.83 bits per heavy atom. The Kier molecular flexibility index (Phi) is 4.33. The fourth-order valence-corrected chi connectivity index (χ4v) is 2.57. The number of nitrogens with one attached hydrogen (secondary N) is 1. The molecule has 0 unspecified atom stereocenters. The molecule has 0 atom stereocenters. The van der Waals surface area contributed by atoms with Crippen molar-refractivity contribution in [3.05, 3.63) is 66.0 Å². The van der Waals surface area contributed by atoms with Crippen molar-refractivity contribution in [1.82, 2.24) is 9.97 Å². The zero-order valence-corrected chi connectivity index (χ0v) is 13.4. The van der Waals surface area contributed by atoms with Crippen LogP contribution in [0.25, 0.3) is 11.0 Å². The maximum absolute atomic E-state index is 5.87. The smallest absolute Gasteiger partial charge is 0.161 e. The second-order valence-corrected chi connectivity index (χ2v) is 5.42. The zero-order chi connectivity index (χ0) is 16.2. The monoisotopic (exact) mass is 308 g/mol. The van der Waals surface area contributed by atoms with Gasteiger partial charge in [0.2, 0.25) is 0 Å². The largest absolute Gasteiger partial charge is 0.493 e. The van der Waals surface area contributed by atoms with E-state index in [1.807, 2.05) is 36.4 Å². The standard InChI is InChI=1S/C19H20N2O2/c1-4-6-14-9-10-16(17(11-14)22-3)23-12-18-20-15-8-5-7-13(2)19(15)21-18/h4-5,7-11H,1,6,12H2,2-3H3,(H,20,21). The van der Waals surface area contributed by atoms with E-state index >= 15 is 0 Å². The molecule has 0 radical (unpaired) electrons. The Bertz CT molecular complexity index is 837. The Morgan fingerprint density at radius 2 is 2.09 bits per heavy atom. The first kappa shape index (κ1) is 15.2. The van der Waals surface area contributed by atoms with Gasteiger partial charge in [-0.2, -0.15) is 0 Å². The molecule has 3 aromatic rings. The molecule has 118 valence electrons. The maximum atomic E-state index is 5.87. The Balaban J connectivity index is 1.79. The predicted molar refractivity (Wildman–Crippen MR) is 92.1 cm³/mol. The predicted octanol–water partition coefficient (Wildman–Crippen LogP) is 4.19. The normalized spacial score (nSPS) is 10.7. The topological polar surface area (TPSA) is 47.1 Å². The number of H-pyrrole nitrogens is 1. The highest BCUT2D eigenvalue weighted by Gasteiger charge is 2.09. The summed E-state index contributed by atoms with van der Waals surface area (Å²) in [7, 11) is 1.64. The summed E-state index contributed by atoms with van der Waals surface area (Å²) in [5.74, 6) is 2.22. The van der Waals surface area contributed by atoms with Crippen LogP contribution in [0.4, 0.5) is 0 Å². The van der Waals surface area contributed by atoms with E-state index in [4.69, 9.17) is 9.47 Å². The van der Waals surface area contributed by atoms with Gasteiger partial charge in [0.05, 0.1) is 18.1 Å². The fraction of sp³-hybridized carbons (Fsp3) is 0.211. The van der Waals surface area contributed by atoms with Gasteiger partial charge in [0.1, 0.15) is 12.4 Å². The average Bonchev–Trinajstić information content (AvgIpc) is 2.98. The van der Waals surface area contributed by atoms with Crippen LogP contribution in [0, 0.1) is 6.92 Å². The number of allylic oxidation sites excluding steroid dienone is 1. The molecule has 0 spiro atoms. The van der Waals surface area contributed by atoms with Crippen LogP contribution < -0.4 is 9.47 Å². The van der Waals surface area contributed by atoms with Crippen LogP contribution in [0.15, 0.2) is 49.1 Å². The summed E-state index contributed by atoms with van der Waals surface area (Å²) < 4.78 is 11.3. The molecule has 23 heavy (non-hydrogen) atoms. The highest BCUT2D eigenvalue weighted by atomic mass is 16.5. The minimum Gasteiger partial charge on any atom is -0.493 e. The quantitative estimate of drug-likeness (QED) is 0.695. The third kappa shape index (κ3) is 3.21. The Morgan fingerprint density at radius 1 is 1.22 bits per heavy atom. The summed E-state index contributed by atoms with van der Waals surface area (Å²) in [4.78, 5) is 7.88. The van der Waals surface area contributed by atoms with Crippen LogP contribution >= 0.6 is 0 Å². The summed E-state index contributed by atoms with van der Waals surface area (Å²) in [6.45, 7) is 6.17. The Hall–Kier alpha value is -2.75. The van der Waals surface area contributed by atoms with E-state index in [2.05, 4.69) is 29.5 Å². The van der Waals surface area contributed by atoms with Crippen LogP contribution in [0.2, 0.25) is 0 Å². The van der Waals surface area contributed by atoms with Crippen molar-refractivity contribution < 1.29 is 9.47 Å². The maximum Gasteiger partial charge on any atom is 0.161 e. The molecular weight excluding hydrogens is 288 g/mol. The average molecular weight is 308 g/mol. The van der Waals surface area contributed by atoms with Crippen molar-refractivity contribution >= 4 is 11.0 Å². The molecule has 0 bridgehead atoms. The molecule has 1 aromatic heterocycles. The van der Waals surface area contributed by atoms with Gasteiger partial charge >= 0.3 is 0 Å². The summed E-state index contributed by atoms with van der Waals surface area (Å²) in [6, 6.07) is 12.0. The number of nitrogens with zero attached hydrogens (tertiary/aromatic N) is 1. The van der Waals surface area contributed by atoms with E-state index < -0.39 is 0 Å². The van der Waals surface area contributed by atoms with Gasteiger partial charge in [0.25, 0.3) is 0 Å². The lowest BCUT2D eigenvalue weighted by atomic mass is 10.1. The third-order valence-corrected chi connectivity index (χ3v) is 3.74. The molecule has 0 aliphatic heterocycles. The Labute approximate surface area is 135 Å². The number of ether oxygens (including phenoxy) is 2. The minimum atomic E-state index is 0.366. The minimum absolute atomic E-state index is 0.366. The molecule has 0 saturated heterocycles. The molecule has 0 fully saturated rings. The van der Waals surface area contributed by atoms with E-state index in [1.165, 1.54) is 0 Å². The van der Waals surface area contributed by atoms with Crippen LogP contribution in [0.1, 0.15) is 17.0 Å². The van der Waals surface area contributed by atoms with Gasteiger partial charge in [0.15, 0.2) is 11.5 Å². The first-order chi connectivity index (χ1) is 11.2. The molecule has 1 N–H and O–H groups in total. The number of rotatable bonds is 6. The fourth-order valence-electron chi connectivity index (χ4n) is 2.57. The van der Waals surface area contributed by atoms with Crippen molar-refractivity contribution in [2.75, 3.05) is 7.11 Å². The van der Waals surface area contributed by atoms with Gasteiger partial charge in [-0.1, -0.05) is 24.3 Å². The highest BCUT2D eigenvalue weighted by molar-refractivity contribution is 5.78. The molecule has 2 aromatic carbocycles. The van der Waals surface area contributed by atoms with Gasteiger partial charge < -0.3 is 14.5 Å². The number of aromatic amines is 1. The lowest BCUT2D eigenvalue weighted by molar-refractivity contribution is 0.277. The van der Waals surface area contributed by atoms with Crippen molar-refractivity contribution in [3.63, 3.8) is 0 Å². The molecule has 0 amide bonds. The van der Waals surface area contributed by atoms with Crippen molar-refractivity contribution in [2.24, 2.45) is 0 Å².